The van der Waals surface area contributed by atoms with Crippen molar-refractivity contribution in [2.45, 2.75) is 0 Å². The van der Waals surface area contributed by atoms with Crippen LogP contribution in [0, 0.1) is 0 Å². The van der Waals surface area contributed by atoms with Crippen LogP contribution >= 0.6 is 11.6 Å². The highest BCUT2D eigenvalue weighted by Gasteiger charge is 2.15. The molecule has 0 saturated carbocycles. The van der Waals surface area contributed by atoms with Gasteiger partial charge in [0.1, 0.15) is 5.69 Å². The lowest BCUT2D eigenvalue weighted by Gasteiger charge is -2.02. The third-order valence-electron chi connectivity index (χ3n) is 2.81. The van der Waals surface area contributed by atoms with Gasteiger partial charge in [0.2, 0.25) is 0 Å². The number of nitrogens with zero attached hydrogens (tertiary/aromatic N) is 4. The highest BCUT2D eigenvalue weighted by atomic mass is 35.5. The average molecular weight is 277 g/mol. The molecule has 1 aromatic carbocycles. The van der Waals surface area contributed by atoms with Crippen LogP contribution in [0.3, 0.4) is 0 Å². The lowest BCUT2D eigenvalue weighted by molar-refractivity contribution is 0.101. The van der Waals surface area contributed by atoms with E-state index in [0.717, 1.165) is 10.9 Å². The standard InChI is InChI=1S/C11H9ClN6O/c1-18-8-3-2-7(12)4-6(8)5-9(18)10(19)13-11-14-16-17-15-11/h2-5H,1H3,(H2,13,14,15,16,17,19). The Morgan fingerprint density at radius 1 is 1.42 bits per heavy atom. The Morgan fingerprint density at radius 2 is 2.26 bits per heavy atom. The van der Waals surface area contributed by atoms with Gasteiger partial charge >= 0.3 is 0 Å². The number of benzene rings is 1. The van der Waals surface area contributed by atoms with Crippen LogP contribution < -0.4 is 5.32 Å². The maximum Gasteiger partial charge on any atom is 0.274 e. The van der Waals surface area contributed by atoms with E-state index in [-0.39, 0.29) is 11.9 Å². The number of rotatable bonds is 2. The molecule has 0 aliphatic heterocycles. The van der Waals surface area contributed by atoms with E-state index < -0.39 is 0 Å². The number of aryl methyl sites for hydroxylation is 1. The molecule has 0 aliphatic carbocycles. The number of anilines is 1. The summed E-state index contributed by atoms with van der Waals surface area (Å²) in [4.78, 5) is 12.1. The minimum absolute atomic E-state index is 0.133. The number of hydrogen-bond acceptors (Lipinski definition) is 4. The lowest BCUT2D eigenvalue weighted by Crippen LogP contribution is -2.16. The Bertz CT molecular complexity index is 748. The molecule has 0 fully saturated rings. The zero-order valence-electron chi connectivity index (χ0n) is 9.88. The number of carbonyl (C=O) groups excluding carboxylic acids is 1. The van der Waals surface area contributed by atoms with E-state index in [4.69, 9.17) is 11.6 Å². The zero-order valence-corrected chi connectivity index (χ0v) is 10.6. The molecule has 0 atom stereocenters. The van der Waals surface area contributed by atoms with Gasteiger partial charge in [-0.2, -0.15) is 5.21 Å². The SMILES string of the molecule is Cn1c(C(=O)Nc2nn[nH]n2)cc2cc(Cl)ccc21. The summed E-state index contributed by atoms with van der Waals surface area (Å²) < 4.78 is 1.78. The number of carbonyl (C=O) groups is 1. The van der Waals surface area contributed by atoms with Gasteiger partial charge in [-0.3, -0.25) is 10.1 Å². The van der Waals surface area contributed by atoms with Gasteiger partial charge in [0, 0.05) is 23.0 Å². The molecule has 0 radical (unpaired) electrons. The molecule has 19 heavy (non-hydrogen) atoms. The number of nitrogens with one attached hydrogen (secondary N) is 2. The van der Waals surface area contributed by atoms with Gasteiger partial charge in [0.05, 0.1) is 0 Å². The highest BCUT2D eigenvalue weighted by Crippen LogP contribution is 2.22. The monoisotopic (exact) mass is 276 g/mol. The largest absolute Gasteiger partial charge is 0.340 e. The number of amides is 1. The van der Waals surface area contributed by atoms with E-state index in [2.05, 4.69) is 25.9 Å². The molecule has 0 saturated heterocycles. The molecule has 0 unspecified atom stereocenters. The summed E-state index contributed by atoms with van der Waals surface area (Å²) in [7, 11) is 1.81. The molecule has 3 aromatic rings. The summed E-state index contributed by atoms with van der Waals surface area (Å²) in [6, 6.07) is 7.21. The minimum atomic E-state index is -0.309. The molecule has 3 rings (SSSR count). The van der Waals surface area contributed by atoms with Crippen molar-refractivity contribution in [2.75, 3.05) is 5.32 Å². The Morgan fingerprint density at radius 3 is 3.00 bits per heavy atom. The predicted molar refractivity (Wildman–Crippen MR) is 70.1 cm³/mol. The van der Waals surface area contributed by atoms with Crippen LogP contribution in [0.15, 0.2) is 24.3 Å². The van der Waals surface area contributed by atoms with E-state index >= 15 is 0 Å². The highest BCUT2D eigenvalue weighted by molar-refractivity contribution is 6.31. The Kier molecular flexibility index (Phi) is 2.68. The topological polar surface area (TPSA) is 88.5 Å². The summed E-state index contributed by atoms with van der Waals surface area (Å²) in [6.07, 6.45) is 0. The van der Waals surface area contributed by atoms with Crippen LogP contribution in [0.1, 0.15) is 10.5 Å². The second-order valence-corrected chi connectivity index (χ2v) is 4.42. The van der Waals surface area contributed by atoms with Gasteiger partial charge in [-0.1, -0.05) is 16.7 Å². The summed E-state index contributed by atoms with van der Waals surface area (Å²) in [6.45, 7) is 0. The van der Waals surface area contributed by atoms with E-state index in [1.54, 1.807) is 23.7 Å². The smallest absolute Gasteiger partial charge is 0.274 e. The number of hydrogen-bond donors (Lipinski definition) is 2. The van der Waals surface area contributed by atoms with Crippen LogP contribution in [0.5, 0.6) is 0 Å². The predicted octanol–water partition coefficient (Wildman–Crippen LogP) is 1.60. The summed E-state index contributed by atoms with van der Waals surface area (Å²) >= 11 is 5.93. The lowest BCUT2D eigenvalue weighted by atomic mass is 10.2. The van der Waals surface area contributed by atoms with Crippen LogP contribution in [0.2, 0.25) is 5.02 Å². The molecule has 7 nitrogen and oxygen atoms in total. The van der Waals surface area contributed by atoms with Gasteiger partial charge in [-0.05, 0) is 29.5 Å². The molecule has 2 aromatic heterocycles. The van der Waals surface area contributed by atoms with E-state index in [9.17, 15) is 4.79 Å². The Balaban J connectivity index is 2.00. The quantitative estimate of drug-likeness (QED) is 0.744. The normalized spacial score (nSPS) is 10.8. The number of aromatic nitrogens is 5. The van der Waals surface area contributed by atoms with Crippen molar-refractivity contribution in [1.29, 1.82) is 0 Å². The molecular weight excluding hydrogens is 268 g/mol. The van der Waals surface area contributed by atoms with E-state index in [1.165, 1.54) is 0 Å². The van der Waals surface area contributed by atoms with E-state index in [0.29, 0.717) is 10.7 Å². The first kappa shape index (κ1) is 11.7. The molecular formula is C11H9ClN6O. The van der Waals surface area contributed by atoms with Gasteiger partial charge in [-0.25, -0.2) is 0 Å². The second kappa shape index (κ2) is 4.36. The van der Waals surface area contributed by atoms with Crippen LogP contribution in [0.4, 0.5) is 5.95 Å². The number of halogens is 1. The Hall–Kier alpha value is -2.41. The second-order valence-electron chi connectivity index (χ2n) is 3.98. The Labute approximate surface area is 112 Å². The van der Waals surface area contributed by atoms with Crippen molar-refractivity contribution in [3.63, 3.8) is 0 Å². The first-order chi connectivity index (χ1) is 9.15. The molecule has 96 valence electrons. The fourth-order valence-electron chi connectivity index (χ4n) is 1.92. The van der Waals surface area contributed by atoms with Crippen LogP contribution in [0.25, 0.3) is 10.9 Å². The molecule has 2 N–H and O–H groups in total. The molecule has 2 heterocycles. The average Bonchev–Trinajstić information content (AvgIpc) is 2.97. The molecule has 0 bridgehead atoms. The molecule has 8 heteroatoms. The number of aromatic amines is 1. The fourth-order valence-corrected chi connectivity index (χ4v) is 2.10. The van der Waals surface area contributed by atoms with Gasteiger partial charge in [0.15, 0.2) is 0 Å². The number of fused-ring (bicyclic) bond motifs is 1. The molecule has 0 spiro atoms. The first-order valence-electron chi connectivity index (χ1n) is 5.45. The number of H-pyrrole nitrogens is 1. The van der Waals surface area contributed by atoms with Crippen molar-refractivity contribution in [3.8, 4) is 0 Å². The van der Waals surface area contributed by atoms with Crippen LogP contribution in [-0.4, -0.2) is 31.1 Å². The van der Waals surface area contributed by atoms with Crippen molar-refractivity contribution < 1.29 is 4.79 Å². The summed E-state index contributed by atoms with van der Waals surface area (Å²) in [5, 5.41) is 17.0. The van der Waals surface area contributed by atoms with Gasteiger partial charge < -0.3 is 4.57 Å². The van der Waals surface area contributed by atoms with Crippen molar-refractivity contribution >= 4 is 34.4 Å². The first-order valence-corrected chi connectivity index (χ1v) is 5.83. The maximum absolute atomic E-state index is 12.1. The van der Waals surface area contributed by atoms with Crippen molar-refractivity contribution in [3.05, 3.63) is 35.0 Å². The maximum atomic E-state index is 12.1. The van der Waals surface area contributed by atoms with Crippen molar-refractivity contribution in [1.82, 2.24) is 25.2 Å². The summed E-state index contributed by atoms with van der Waals surface area (Å²) in [5.74, 6) is -0.176. The van der Waals surface area contributed by atoms with E-state index in [1.807, 2.05) is 12.1 Å². The fraction of sp³-hybridized carbons (Fsp3) is 0.0909. The summed E-state index contributed by atoms with van der Waals surface area (Å²) in [5.41, 5.74) is 1.41. The minimum Gasteiger partial charge on any atom is -0.340 e. The van der Waals surface area contributed by atoms with Gasteiger partial charge in [-0.15, -0.1) is 5.10 Å². The number of tetrazole rings is 1. The zero-order chi connectivity index (χ0) is 13.4. The molecule has 0 aliphatic rings. The molecule has 1 amide bonds. The third kappa shape index (κ3) is 2.04. The van der Waals surface area contributed by atoms with Crippen molar-refractivity contribution in [2.24, 2.45) is 7.05 Å². The van der Waals surface area contributed by atoms with Crippen LogP contribution in [-0.2, 0) is 7.05 Å². The van der Waals surface area contributed by atoms with Gasteiger partial charge in [0.25, 0.3) is 11.9 Å². The third-order valence-corrected chi connectivity index (χ3v) is 3.04.